The highest BCUT2D eigenvalue weighted by atomic mass is 16.3. The molecule has 0 bridgehead atoms. The van der Waals surface area contributed by atoms with Gasteiger partial charge in [0.2, 0.25) is 0 Å². The van der Waals surface area contributed by atoms with E-state index in [0.29, 0.717) is 0 Å². The first-order valence-electron chi connectivity index (χ1n) is 2.56. The molecule has 8 heavy (non-hydrogen) atoms. The van der Waals surface area contributed by atoms with Crippen LogP contribution in [-0.2, 0) is 0 Å². The van der Waals surface area contributed by atoms with Crippen LogP contribution in [0.1, 0.15) is 20.8 Å². The number of azo groups is 1. The monoisotopic (exact) mass is 116 g/mol. The molecule has 0 atom stereocenters. The normalized spacial score (nSPS) is 13.0. The minimum atomic E-state index is -0.211. The number of hydrogen-bond acceptors (Lipinski definition) is 3. The summed E-state index contributed by atoms with van der Waals surface area (Å²) >= 11 is 0. The summed E-state index contributed by atoms with van der Waals surface area (Å²) in [6.45, 7) is 5.56. The van der Waals surface area contributed by atoms with Crippen LogP contribution < -0.4 is 0 Å². The van der Waals surface area contributed by atoms with Crippen molar-refractivity contribution in [3.8, 4) is 0 Å². The average Bonchev–Trinajstić information content (AvgIpc) is 1.59. The maximum absolute atomic E-state index is 8.17. The third-order valence-electron chi connectivity index (χ3n) is 0.434. The summed E-state index contributed by atoms with van der Waals surface area (Å²) in [6, 6.07) is 0. The fourth-order valence-electron chi connectivity index (χ4n) is 0.244. The molecule has 0 radical (unpaired) electrons. The van der Waals surface area contributed by atoms with Crippen LogP contribution in [0.25, 0.3) is 0 Å². The van der Waals surface area contributed by atoms with Crippen LogP contribution >= 0.6 is 0 Å². The van der Waals surface area contributed by atoms with Crippen molar-refractivity contribution < 1.29 is 5.11 Å². The largest absolute Gasteiger partial charge is 0.373 e. The van der Waals surface area contributed by atoms with E-state index in [4.69, 9.17) is 5.11 Å². The third-order valence-corrected chi connectivity index (χ3v) is 0.434. The lowest BCUT2D eigenvalue weighted by Crippen LogP contribution is -2.07. The van der Waals surface area contributed by atoms with Crippen LogP contribution in [0.15, 0.2) is 10.2 Å². The lowest BCUT2D eigenvalue weighted by Gasteiger charge is -2.07. The van der Waals surface area contributed by atoms with E-state index >= 15 is 0 Å². The van der Waals surface area contributed by atoms with Crippen molar-refractivity contribution in [2.45, 2.75) is 26.3 Å². The van der Waals surface area contributed by atoms with Gasteiger partial charge >= 0.3 is 0 Å². The van der Waals surface area contributed by atoms with E-state index < -0.39 is 0 Å². The first-order chi connectivity index (χ1) is 3.56. The predicted octanol–water partition coefficient (Wildman–Crippen LogP) is 1.19. The lowest BCUT2D eigenvalue weighted by molar-refractivity contribution is 0.292. The summed E-state index contributed by atoms with van der Waals surface area (Å²) in [5.41, 5.74) is -0.150. The van der Waals surface area contributed by atoms with Crippen LogP contribution in [0.2, 0.25) is 0 Å². The van der Waals surface area contributed by atoms with E-state index in [1.165, 1.54) is 0 Å². The first kappa shape index (κ1) is 7.56. The Morgan fingerprint density at radius 1 is 1.38 bits per heavy atom. The molecule has 0 aromatic heterocycles. The molecule has 3 heteroatoms. The zero-order valence-electron chi connectivity index (χ0n) is 5.55. The minimum absolute atomic E-state index is 0.150. The summed E-state index contributed by atoms with van der Waals surface area (Å²) in [5, 5.41) is 15.3. The van der Waals surface area contributed by atoms with Gasteiger partial charge in [0.1, 0.15) is 0 Å². The molecule has 0 spiro atoms. The van der Waals surface area contributed by atoms with E-state index in [-0.39, 0.29) is 12.3 Å². The van der Waals surface area contributed by atoms with Crippen LogP contribution in [0.3, 0.4) is 0 Å². The molecule has 1 N–H and O–H groups in total. The molecular weight excluding hydrogens is 104 g/mol. The SMILES string of the molecule is CC(C)(C)N=NCO. The molecule has 0 fully saturated rings. The number of nitrogens with zero attached hydrogens (tertiary/aromatic N) is 2. The number of hydrogen-bond donors (Lipinski definition) is 1. The molecule has 48 valence electrons. The third kappa shape index (κ3) is 5.56. The molecular formula is C5H12N2O. The lowest BCUT2D eigenvalue weighted by atomic mass is 10.1. The van der Waals surface area contributed by atoms with Crippen molar-refractivity contribution in [2.75, 3.05) is 6.73 Å². The number of aliphatic hydroxyl groups excluding tert-OH is 1. The fourth-order valence-corrected chi connectivity index (χ4v) is 0.244. The fraction of sp³-hybridized carbons (Fsp3) is 1.00. The predicted molar refractivity (Wildman–Crippen MR) is 31.7 cm³/mol. The Labute approximate surface area is 49.4 Å². The van der Waals surface area contributed by atoms with Gasteiger partial charge in [-0.1, -0.05) is 0 Å². The molecule has 0 aliphatic heterocycles. The van der Waals surface area contributed by atoms with Crippen LogP contribution in [-0.4, -0.2) is 17.4 Å². The average molecular weight is 116 g/mol. The molecule has 0 aliphatic carbocycles. The first-order valence-corrected chi connectivity index (χ1v) is 2.56. The Hall–Kier alpha value is -0.440. The molecule has 0 rings (SSSR count). The van der Waals surface area contributed by atoms with Crippen molar-refractivity contribution >= 4 is 0 Å². The van der Waals surface area contributed by atoms with Gasteiger partial charge in [-0.2, -0.15) is 10.2 Å². The molecule has 0 amide bonds. The number of aliphatic hydroxyl groups is 1. The Kier molecular flexibility index (Phi) is 2.62. The smallest absolute Gasteiger partial charge is 0.154 e. The topological polar surface area (TPSA) is 45.0 Å². The molecule has 0 aromatic carbocycles. The Bertz CT molecular complexity index is 82.9. The zero-order valence-corrected chi connectivity index (χ0v) is 5.55. The van der Waals surface area contributed by atoms with Crippen LogP contribution in [0.5, 0.6) is 0 Å². The minimum Gasteiger partial charge on any atom is -0.373 e. The maximum atomic E-state index is 8.17. The number of rotatable bonds is 1. The molecule has 0 saturated heterocycles. The van der Waals surface area contributed by atoms with E-state index in [1.807, 2.05) is 20.8 Å². The zero-order chi connectivity index (χ0) is 6.62. The van der Waals surface area contributed by atoms with Crippen molar-refractivity contribution in [2.24, 2.45) is 10.2 Å². The molecule has 0 aromatic rings. The highest BCUT2D eigenvalue weighted by Crippen LogP contribution is 2.05. The van der Waals surface area contributed by atoms with Gasteiger partial charge in [0.15, 0.2) is 6.73 Å². The highest BCUT2D eigenvalue weighted by Gasteiger charge is 2.04. The molecule has 0 saturated carbocycles. The molecule has 3 nitrogen and oxygen atoms in total. The van der Waals surface area contributed by atoms with Crippen LogP contribution in [0.4, 0.5) is 0 Å². The Morgan fingerprint density at radius 2 is 1.88 bits per heavy atom. The summed E-state index contributed by atoms with van der Waals surface area (Å²) in [6.07, 6.45) is 0. The van der Waals surface area contributed by atoms with Crippen molar-refractivity contribution in [3.63, 3.8) is 0 Å². The van der Waals surface area contributed by atoms with Gasteiger partial charge in [-0.15, -0.1) is 0 Å². The molecule has 0 aliphatic rings. The Balaban J connectivity index is 3.52. The van der Waals surface area contributed by atoms with Crippen molar-refractivity contribution in [1.29, 1.82) is 0 Å². The highest BCUT2D eigenvalue weighted by molar-refractivity contribution is 4.65. The maximum Gasteiger partial charge on any atom is 0.154 e. The quantitative estimate of drug-likeness (QED) is 0.514. The van der Waals surface area contributed by atoms with E-state index in [9.17, 15) is 0 Å². The van der Waals surface area contributed by atoms with Gasteiger partial charge in [-0.3, -0.25) is 0 Å². The second kappa shape index (κ2) is 2.77. The van der Waals surface area contributed by atoms with E-state index in [1.54, 1.807) is 0 Å². The van der Waals surface area contributed by atoms with E-state index in [2.05, 4.69) is 10.2 Å². The summed E-state index contributed by atoms with van der Waals surface area (Å²) < 4.78 is 0. The van der Waals surface area contributed by atoms with Gasteiger partial charge in [0.25, 0.3) is 0 Å². The molecule has 0 heterocycles. The van der Waals surface area contributed by atoms with Gasteiger partial charge < -0.3 is 5.11 Å². The standard InChI is InChI=1S/C5H12N2O/c1-5(2,3)7-6-4-8/h8H,4H2,1-3H3. The molecule has 0 unspecified atom stereocenters. The van der Waals surface area contributed by atoms with Crippen LogP contribution in [0, 0.1) is 0 Å². The Morgan fingerprint density at radius 3 is 2.00 bits per heavy atom. The summed E-state index contributed by atoms with van der Waals surface area (Å²) in [4.78, 5) is 0. The van der Waals surface area contributed by atoms with Gasteiger partial charge in [0, 0.05) is 0 Å². The van der Waals surface area contributed by atoms with E-state index in [0.717, 1.165) is 0 Å². The van der Waals surface area contributed by atoms with Gasteiger partial charge in [0.05, 0.1) is 5.54 Å². The van der Waals surface area contributed by atoms with Gasteiger partial charge in [-0.25, -0.2) is 0 Å². The van der Waals surface area contributed by atoms with Gasteiger partial charge in [-0.05, 0) is 20.8 Å². The second-order valence-electron chi connectivity index (χ2n) is 2.55. The van der Waals surface area contributed by atoms with Crippen molar-refractivity contribution in [1.82, 2.24) is 0 Å². The summed E-state index contributed by atoms with van der Waals surface area (Å²) in [5.74, 6) is 0. The summed E-state index contributed by atoms with van der Waals surface area (Å²) in [7, 11) is 0. The van der Waals surface area contributed by atoms with Crippen molar-refractivity contribution in [3.05, 3.63) is 0 Å². The second-order valence-corrected chi connectivity index (χ2v) is 2.55.